The Hall–Kier alpha value is -1.54. The van der Waals surface area contributed by atoms with E-state index in [-0.39, 0.29) is 6.10 Å². The summed E-state index contributed by atoms with van der Waals surface area (Å²) < 4.78 is 5.24. The Kier molecular flexibility index (Phi) is 2.52. The predicted molar refractivity (Wildman–Crippen MR) is 65.7 cm³/mol. The smallest absolute Gasteiger partial charge is 0.106 e. The minimum atomic E-state index is -0.390. The van der Waals surface area contributed by atoms with E-state index in [4.69, 9.17) is 4.42 Å². The highest BCUT2D eigenvalue weighted by molar-refractivity contribution is 5.30. The molecule has 2 nitrogen and oxygen atoms in total. The van der Waals surface area contributed by atoms with Crippen molar-refractivity contribution in [1.82, 2.24) is 0 Å². The second-order valence-electron chi connectivity index (χ2n) is 4.79. The lowest BCUT2D eigenvalue weighted by molar-refractivity contribution is 0.149. The molecule has 0 bridgehead atoms. The molecule has 17 heavy (non-hydrogen) atoms. The van der Waals surface area contributed by atoms with E-state index in [1.807, 2.05) is 19.1 Å². The fourth-order valence-electron chi connectivity index (χ4n) is 2.58. The number of aliphatic hydroxyl groups is 1. The fraction of sp³-hybridized carbons (Fsp3) is 0.333. The summed E-state index contributed by atoms with van der Waals surface area (Å²) in [7, 11) is 0. The molecule has 0 saturated heterocycles. The van der Waals surface area contributed by atoms with Crippen LogP contribution in [0.4, 0.5) is 0 Å². The van der Waals surface area contributed by atoms with E-state index in [2.05, 4.69) is 24.3 Å². The van der Waals surface area contributed by atoms with Gasteiger partial charge >= 0.3 is 0 Å². The highest BCUT2D eigenvalue weighted by Crippen LogP contribution is 2.54. The van der Waals surface area contributed by atoms with Gasteiger partial charge in [0.1, 0.15) is 5.76 Å². The molecule has 1 aromatic carbocycles. The Bertz CT molecular complexity index is 501. The van der Waals surface area contributed by atoms with Crippen LogP contribution in [-0.2, 0) is 0 Å². The van der Waals surface area contributed by atoms with Crippen molar-refractivity contribution < 1.29 is 9.52 Å². The first-order valence-corrected chi connectivity index (χ1v) is 6.04. The van der Waals surface area contributed by atoms with Gasteiger partial charge in [-0.2, -0.15) is 0 Å². The Balaban J connectivity index is 1.75. The van der Waals surface area contributed by atoms with E-state index in [1.165, 1.54) is 5.56 Å². The maximum atomic E-state index is 10.3. The number of hydrogen-bond donors (Lipinski definition) is 1. The van der Waals surface area contributed by atoms with Gasteiger partial charge in [-0.15, -0.1) is 0 Å². The van der Waals surface area contributed by atoms with Gasteiger partial charge in [0.2, 0.25) is 0 Å². The lowest BCUT2D eigenvalue weighted by atomic mass is 10.0. The van der Waals surface area contributed by atoms with Gasteiger partial charge in [-0.25, -0.2) is 0 Å². The fourth-order valence-corrected chi connectivity index (χ4v) is 2.58. The summed E-state index contributed by atoms with van der Waals surface area (Å²) in [5.41, 5.74) is 2.27. The molecule has 1 fully saturated rings. The highest BCUT2D eigenvalue weighted by Gasteiger charge is 2.44. The average Bonchev–Trinajstić information content (AvgIpc) is 3.05. The van der Waals surface area contributed by atoms with Gasteiger partial charge in [0.25, 0.3) is 0 Å². The normalized spacial score (nSPS) is 24.6. The number of furan rings is 1. The number of aryl methyl sites for hydroxylation is 1. The third kappa shape index (κ3) is 1.89. The number of aliphatic hydroxyl groups excluding tert-OH is 1. The van der Waals surface area contributed by atoms with Crippen LogP contribution in [0.15, 0.2) is 47.1 Å². The van der Waals surface area contributed by atoms with Crippen LogP contribution in [0.1, 0.15) is 35.3 Å². The lowest BCUT2D eigenvalue weighted by Crippen LogP contribution is -2.01. The van der Waals surface area contributed by atoms with Crippen LogP contribution in [0.25, 0.3) is 0 Å². The number of benzene rings is 1. The maximum Gasteiger partial charge on any atom is 0.106 e. The van der Waals surface area contributed by atoms with Crippen LogP contribution in [0.5, 0.6) is 0 Å². The van der Waals surface area contributed by atoms with Crippen molar-refractivity contribution in [3.8, 4) is 0 Å². The highest BCUT2D eigenvalue weighted by atomic mass is 16.3. The molecule has 0 radical (unpaired) electrons. The van der Waals surface area contributed by atoms with Crippen LogP contribution < -0.4 is 0 Å². The van der Waals surface area contributed by atoms with Gasteiger partial charge in [0.05, 0.1) is 12.4 Å². The van der Waals surface area contributed by atoms with Crippen molar-refractivity contribution >= 4 is 0 Å². The summed E-state index contributed by atoms with van der Waals surface area (Å²) in [6.07, 6.45) is 2.32. The van der Waals surface area contributed by atoms with Crippen LogP contribution in [0.3, 0.4) is 0 Å². The first-order chi connectivity index (χ1) is 8.27. The average molecular weight is 228 g/mol. The van der Waals surface area contributed by atoms with E-state index < -0.39 is 0 Å². The molecule has 1 aliphatic carbocycles. The molecule has 0 amide bonds. The molecule has 3 unspecified atom stereocenters. The van der Waals surface area contributed by atoms with Crippen molar-refractivity contribution in [1.29, 1.82) is 0 Å². The molecule has 1 saturated carbocycles. The van der Waals surface area contributed by atoms with Crippen LogP contribution >= 0.6 is 0 Å². The first kappa shape index (κ1) is 10.6. The van der Waals surface area contributed by atoms with Gasteiger partial charge < -0.3 is 9.52 Å². The van der Waals surface area contributed by atoms with Crippen molar-refractivity contribution in [2.45, 2.75) is 25.4 Å². The summed E-state index contributed by atoms with van der Waals surface area (Å²) >= 11 is 0. The van der Waals surface area contributed by atoms with E-state index in [1.54, 1.807) is 6.26 Å². The monoisotopic (exact) mass is 228 g/mol. The molecular formula is C15H16O2. The van der Waals surface area contributed by atoms with Crippen LogP contribution in [-0.4, -0.2) is 5.11 Å². The molecule has 1 aliphatic rings. The molecule has 2 heteroatoms. The lowest BCUT2D eigenvalue weighted by Gasteiger charge is -2.09. The molecule has 0 aliphatic heterocycles. The largest absolute Gasteiger partial charge is 0.469 e. The maximum absolute atomic E-state index is 10.3. The number of rotatable bonds is 3. The van der Waals surface area contributed by atoms with Crippen LogP contribution in [0, 0.1) is 12.8 Å². The molecule has 1 aromatic heterocycles. The Morgan fingerprint density at radius 3 is 2.65 bits per heavy atom. The van der Waals surface area contributed by atoms with E-state index >= 15 is 0 Å². The van der Waals surface area contributed by atoms with Gasteiger partial charge in [0, 0.05) is 5.56 Å². The van der Waals surface area contributed by atoms with Crippen molar-refractivity contribution in [2.75, 3.05) is 0 Å². The van der Waals surface area contributed by atoms with E-state index in [0.717, 1.165) is 17.7 Å². The van der Waals surface area contributed by atoms with Crippen molar-refractivity contribution in [2.24, 2.45) is 5.92 Å². The van der Waals surface area contributed by atoms with E-state index in [9.17, 15) is 5.11 Å². The SMILES string of the molecule is Cc1occc1C(O)C1CC1c1ccccc1. The molecular weight excluding hydrogens is 212 g/mol. The molecule has 2 aromatic rings. The predicted octanol–water partition coefficient (Wildman–Crippen LogP) is 3.43. The van der Waals surface area contributed by atoms with Gasteiger partial charge in [0.15, 0.2) is 0 Å². The summed E-state index contributed by atoms with van der Waals surface area (Å²) in [4.78, 5) is 0. The van der Waals surface area contributed by atoms with Gasteiger partial charge in [-0.05, 0) is 36.8 Å². The first-order valence-electron chi connectivity index (χ1n) is 6.04. The molecule has 1 heterocycles. The standard InChI is InChI=1S/C15H16O2/c1-10-12(7-8-17-10)15(16)14-9-13(14)11-5-3-2-4-6-11/h2-8,13-16H,9H2,1H3. The summed E-state index contributed by atoms with van der Waals surface area (Å²) in [6, 6.07) is 12.3. The minimum Gasteiger partial charge on any atom is -0.469 e. The Labute approximate surface area is 101 Å². The Morgan fingerprint density at radius 1 is 1.24 bits per heavy atom. The summed E-state index contributed by atoms with van der Waals surface area (Å²) in [5, 5.41) is 10.3. The van der Waals surface area contributed by atoms with Gasteiger partial charge in [-0.1, -0.05) is 30.3 Å². The topological polar surface area (TPSA) is 33.4 Å². The zero-order valence-corrected chi connectivity index (χ0v) is 9.84. The summed E-state index contributed by atoms with van der Waals surface area (Å²) in [5.74, 6) is 1.67. The van der Waals surface area contributed by atoms with Crippen molar-refractivity contribution in [3.05, 3.63) is 59.5 Å². The summed E-state index contributed by atoms with van der Waals surface area (Å²) in [6.45, 7) is 1.90. The van der Waals surface area contributed by atoms with Gasteiger partial charge in [-0.3, -0.25) is 0 Å². The number of hydrogen-bond acceptors (Lipinski definition) is 2. The minimum absolute atomic E-state index is 0.341. The zero-order chi connectivity index (χ0) is 11.8. The van der Waals surface area contributed by atoms with E-state index in [0.29, 0.717) is 11.8 Å². The quantitative estimate of drug-likeness (QED) is 0.873. The molecule has 0 spiro atoms. The molecule has 88 valence electrons. The second-order valence-corrected chi connectivity index (χ2v) is 4.79. The van der Waals surface area contributed by atoms with Crippen molar-refractivity contribution in [3.63, 3.8) is 0 Å². The Morgan fingerprint density at radius 2 is 2.00 bits per heavy atom. The zero-order valence-electron chi connectivity index (χ0n) is 9.84. The third-order valence-electron chi connectivity index (χ3n) is 3.69. The van der Waals surface area contributed by atoms with Crippen LogP contribution in [0.2, 0.25) is 0 Å². The molecule has 1 N–H and O–H groups in total. The molecule has 3 atom stereocenters. The third-order valence-corrected chi connectivity index (χ3v) is 3.69. The molecule has 3 rings (SSSR count). The second kappa shape index (κ2) is 4.04.